The fraction of sp³-hybridized carbons (Fsp3) is 0.286. The molecule has 0 unspecified atom stereocenters. The lowest BCUT2D eigenvalue weighted by Gasteiger charge is -2.35. The van der Waals surface area contributed by atoms with Crippen molar-refractivity contribution in [2.75, 3.05) is 25.5 Å². The zero-order chi connectivity index (χ0) is 22.7. The third-order valence-corrected chi connectivity index (χ3v) is 4.98. The van der Waals surface area contributed by atoms with E-state index in [2.05, 4.69) is 25.3 Å². The van der Waals surface area contributed by atoms with Crippen LogP contribution in [0.25, 0.3) is 22.6 Å². The van der Waals surface area contributed by atoms with Gasteiger partial charge in [-0.25, -0.2) is 19.3 Å². The monoisotopic (exact) mass is 437 g/mol. The van der Waals surface area contributed by atoms with Crippen LogP contribution in [-0.4, -0.2) is 45.6 Å². The van der Waals surface area contributed by atoms with E-state index in [1.165, 1.54) is 18.3 Å². The Morgan fingerprint density at radius 1 is 1.31 bits per heavy atom. The maximum atomic E-state index is 13.4. The number of carbonyl (C=O) groups excluding carboxylic acids is 1. The molecule has 0 radical (unpaired) electrons. The van der Waals surface area contributed by atoms with Gasteiger partial charge in [0.15, 0.2) is 5.82 Å². The third kappa shape index (κ3) is 4.27. The van der Waals surface area contributed by atoms with E-state index in [0.29, 0.717) is 28.5 Å². The average molecular weight is 437 g/mol. The first-order chi connectivity index (χ1) is 15.4. The number of benzene rings is 1. The van der Waals surface area contributed by atoms with Crippen molar-refractivity contribution in [2.45, 2.75) is 13.2 Å². The van der Waals surface area contributed by atoms with Gasteiger partial charge < -0.3 is 25.5 Å². The summed E-state index contributed by atoms with van der Waals surface area (Å²) in [4.78, 5) is 28.2. The van der Waals surface area contributed by atoms with E-state index in [1.54, 1.807) is 25.1 Å². The lowest BCUT2D eigenvalue weighted by atomic mass is 9.91. The average Bonchev–Trinajstić information content (AvgIpc) is 3.24. The molecule has 0 spiro atoms. The summed E-state index contributed by atoms with van der Waals surface area (Å²) in [6.07, 6.45) is 0.657. The second-order valence-corrected chi connectivity index (χ2v) is 7.51. The number of nitrogen functional groups attached to an aromatic ring is 1. The summed E-state index contributed by atoms with van der Waals surface area (Å²) in [5.41, 5.74) is 6.98. The summed E-state index contributed by atoms with van der Waals surface area (Å²) in [5.74, 6) is -0.254. The Hall–Kier alpha value is -3.88. The molecule has 1 aliphatic rings. The summed E-state index contributed by atoms with van der Waals surface area (Å²) in [6, 6.07) is 9.40. The number of halogens is 1. The number of aromatic amines is 1. The first-order valence-electron chi connectivity index (χ1n) is 9.73. The first kappa shape index (κ1) is 21.4. The van der Waals surface area contributed by atoms with Crippen LogP contribution >= 0.6 is 0 Å². The van der Waals surface area contributed by atoms with Crippen LogP contribution in [0, 0.1) is 22.6 Å². The quantitative estimate of drug-likeness (QED) is 0.512. The summed E-state index contributed by atoms with van der Waals surface area (Å²) < 4.78 is 25.0. The minimum absolute atomic E-state index is 0.0668. The Balaban J connectivity index is 1.63. The fourth-order valence-corrected chi connectivity index (χ4v) is 3.25. The van der Waals surface area contributed by atoms with Gasteiger partial charge in [-0.15, -0.1) is 0 Å². The van der Waals surface area contributed by atoms with Gasteiger partial charge in [0.25, 0.3) is 0 Å². The summed E-state index contributed by atoms with van der Waals surface area (Å²) >= 11 is 0. The molecule has 4 N–H and O–H groups in total. The van der Waals surface area contributed by atoms with Crippen molar-refractivity contribution in [2.24, 2.45) is 5.41 Å². The predicted octanol–water partition coefficient (Wildman–Crippen LogP) is 1.95. The molecule has 0 aliphatic carbocycles. The molecular formula is C21H20FN7O3. The summed E-state index contributed by atoms with van der Waals surface area (Å²) in [5, 5.41) is 11.2. The Morgan fingerprint density at radius 2 is 2.03 bits per heavy atom. The zero-order valence-corrected chi connectivity index (χ0v) is 17.1. The summed E-state index contributed by atoms with van der Waals surface area (Å²) in [6.45, 7) is 1.73. The number of nitrogens with zero attached hydrogens (tertiary/aromatic N) is 4. The van der Waals surface area contributed by atoms with Crippen LogP contribution in [-0.2, 0) is 14.3 Å². The number of carbonyl (C=O) groups is 1. The molecule has 1 aliphatic heterocycles. The smallest absolute Gasteiger partial charge is 0.231 e. The lowest BCUT2D eigenvalue weighted by molar-refractivity contribution is -0.230. The van der Waals surface area contributed by atoms with E-state index in [1.807, 2.05) is 6.07 Å². The number of nitrogens with one attached hydrogen (secondary N) is 2. The molecule has 1 fully saturated rings. The van der Waals surface area contributed by atoms with Crippen LogP contribution < -0.4 is 11.1 Å². The van der Waals surface area contributed by atoms with Gasteiger partial charge in [0.2, 0.25) is 18.1 Å². The van der Waals surface area contributed by atoms with Gasteiger partial charge in [-0.1, -0.05) is 0 Å². The number of anilines is 1. The van der Waals surface area contributed by atoms with Crippen molar-refractivity contribution in [3.63, 3.8) is 0 Å². The van der Waals surface area contributed by atoms with Crippen LogP contribution in [0.4, 0.5) is 10.3 Å². The number of amides is 1. The highest BCUT2D eigenvalue weighted by Gasteiger charge is 2.40. The van der Waals surface area contributed by atoms with E-state index >= 15 is 0 Å². The molecule has 0 bridgehead atoms. The fourth-order valence-electron chi connectivity index (χ4n) is 3.25. The predicted molar refractivity (Wildman–Crippen MR) is 111 cm³/mol. The topological polar surface area (TPSA) is 152 Å². The molecular weight excluding hydrogens is 417 g/mol. The van der Waals surface area contributed by atoms with Crippen molar-refractivity contribution in [3.05, 3.63) is 48.2 Å². The van der Waals surface area contributed by atoms with Crippen molar-refractivity contribution in [3.8, 4) is 28.7 Å². The molecule has 32 heavy (non-hydrogen) atoms. The minimum atomic E-state index is -0.941. The van der Waals surface area contributed by atoms with Gasteiger partial charge in [-0.3, -0.25) is 4.79 Å². The number of nitriles is 1. The van der Waals surface area contributed by atoms with Crippen molar-refractivity contribution >= 4 is 11.9 Å². The number of imidazole rings is 1. The van der Waals surface area contributed by atoms with Crippen LogP contribution in [0.1, 0.15) is 19.0 Å². The third-order valence-electron chi connectivity index (χ3n) is 4.98. The second-order valence-electron chi connectivity index (χ2n) is 7.51. The maximum absolute atomic E-state index is 13.4. The van der Waals surface area contributed by atoms with E-state index in [4.69, 9.17) is 20.5 Å². The summed E-state index contributed by atoms with van der Waals surface area (Å²) in [7, 11) is 0. The van der Waals surface area contributed by atoms with Crippen molar-refractivity contribution in [1.82, 2.24) is 25.3 Å². The standard InChI is InChI=1S/C21H20FN7O3/c1-21(19(30)25-9-7-23)10-31-18(32-11-21)17-28-15(12-2-4-13(22)5-3-12)16(29-17)14-6-8-26-20(24)27-14/h2-6,8,18H,9-11H2,1H3,(H,25,30)(H,28,29)(H2,24,26,27). The van der Waals surface area contributed by atoms with E-state index < -0.39 is 11.7 Å². The van der Waals surface area contributed by atoms with E-state index in [0.717, 1.165) is 0 Å². The number of hydrogen-bond acceptors (Lipinski definition) is 8. The van der Waals surface area contributed by atoms with E-state index in [-0.39, 0.29) is 37.4 Å². The molecule has 0 atom stereocenters. The highest BCUT2D eigenvalue weighted by molar-refractivity contribution is 5.82. The van der Waals surface area contributed by atoms with Gasteiger partial charge in [-0.2, -0.15) is 5.26 Å². The lowest BCUT2D eigenvalue weighted by Crippen LogP contribution is -2.48. The largest absolute Gasteiger partial charge is 0.368 e. The van der Waals surface area contributed by atoms with E-state index in [9.17, 15) is 9.18 Å². The number of aromatic nitrogens is 4. The highest BCUT2D eigenvalue weighted by Crippen LogP contribution is 2.35. The zero-order valence-electron chi connectivity index (χ0n) is 17.1. The van der Waals surface area contributed by atoms with Crippen molar-refractivity contribution < 1.29 is 18.7 Å². The molecule has 2 aromatic heterocycles. The number of rotatable bonds is 5. The normalized spacial score (nSPS) is 20.5. The highest BCUT2D eigenvalue weighted by atomic mass is 19.1. The molecule has 10 nitrogen and oxygen atoms in total. The van der Waals surface area contributed by atoms with Crippen LogP contribution in [0.2, 0.25) is 0 Å². The van der Waals surface area contributed by atoms with Crippen LogP contribution in [0.15, 0.2) is 36.5 Å². The SMILES string of the molecule is CC1(C(=O)NCC#N)COC(c2nc(-c3ccc(F)cc3)c(-c3ccnc(N)n3)[nH]2)OC1. The molecule has 1 amide bonds. The van der Waals surface area contributed by atoms with Crippen molar-refractivity contribution in [1.29, 1.82) is 5.26 Å². The van der Waals surface area contributed by atoms with Gasteiger partial charge in [-0.05, 0) is 37.3 Å². The molecule has 1 aromatic carbocycles. The van der Waals surface area contributed by atoms with Gasteiger partial charge in [0, 0.05) is 11.8 Å². The Morgan fingerprint density at radius 3 is 2.69 bits per heavy atom. The number of hydrogen-bond donors (Lipinski definition) is 3. The Kier molecular flexibility index (Phi) is 5.81. The first-order valence-corrected chi connectivity index (χ1v) is 9.73. The Bertz CT molecular complexity index is 1160. The maximum Gasteiger partial charge on any atom is 0.231 e. The molecule has 4 rings (SSSR count). The second kappa shape index (κ2) is 8.70. The van der Waals surface area contributed by atoms with Gasteiger partial charge in [0.05, 0.1) is 41.8 Å². The Labute approximate surface area is 182 Å². The van der Waals surface area contributed by atoms with Crippen LogP contribution in [0.3, 0.4) is 0 Å². The minimum Gasteiger partial charge on any atom is -0.368 e. The van der Waals surface area contributed by atoms with Crippen LogP contribution in [0.5, 0.6) is 0 Å². The van der Waals surface area contributed by atoms with Gasteiger partial charge >= 0.3 is 0 Å². The molecule has 1 saturated heterocycles. The number of nitrogens with two attached hydrogens (primary N) is 1. The number of H-pyrrole nitrogens is 1. The molecule has 164 valence electrons. The molecule has 0 saturated carbocycles. The molecule has 3 aromatic rings. The number of ether oxygens (including phenoxy) is 2. The molecule has 3 heterocycles. The molecule has 11 heteroatoms. The van der Waals surface area contributed by atoms with Gasteiger partial charge in [0.1, 0.15) is 12.4 Å².